The van der Waals surface area contributed by atoms with Crippen LogP contribution < -0.4 is 5.73 Å². The van der Waals surface area contributed by atoms with Gasteiger partial charge in [-0.15, -0.1) is 0 Å². The van der Waals surface area contributed by atoms with Crippen molar-refractivity contribution in [2.45, 2.75) is 46.2 Å². The lowest BCUT2D eigenvalue weighted by Gasteiger charge is -2.27. The van der Waals surface area contributed by atoms with E-state index < -0.39 is 0 Å². The van der Waals surface area contributed by atoms with Crippen LogP contribution in [0.1, 0.15) is 34.1 Å². The van der Waals surface area contributed by atoms with E-state index in [2.05, 4.69) is 6.92 Å². The van der Waals surface area contributed by atoms with Gasteiger partial charge in [0.25, 0.3) is 0 Å². The van der Waals surface area contributed by atoms with Crippen LogP contribution in [-0.4, -0.2) is 29.4 Å². The Kier molecular flexibility index (Phi) is 4.90. The van der Waals surface area contributed by atoms with Crippen LogP contribution in [0.5, 0.6) is 0 Å². The number of hydrogen-bond acceptors (Lipinski definition) is 2. The second-order valence-corrected chi connectivity index (χ2v) is 3.41. The Hall–Kier alpha value is -0.570. The van der Waals surface area contributed by atoms with Crippen molar-refractivity contribution in [1.29, 1.82) is 0 Å². The maximum absolute atomic E-state index is 11.5. The van der Waals surface area contributed by atoms with Crippen molar-refractivity contribution >= 4 is 5.91 Å². The molecule has 72 valence electrons. The number of carbonyl (C=O) groups is 1. The summed E-state index contributed by atoms with van der Waals surface area (Å²) in [4.78, 5) is 13.3. The van der Waals surface area contributed by atoms with Crippen molar-refractivity contribution in [3.05, 3.63) is 0 Å². The molecule has 0 saturated heterocycles. The minimum absolute atomic E-state index is 0.0480. The second-order valence-electron chi connectivity index (χ2n) is 3.41. The highest BCUT2D eigenvalue weighted by atomic mass is 16.2. The zero-order valence-electron chi connectivity index (χ0n) is 8.50. The first kappa shape index (κ1) is 11.4. The van der Waals surface area contributed by atoms with Crippen LogP contribution in [0.4, 0.5) is 0 Å². The zero-order valence-corrected chi connectivity index (χ0v) is 8.50. The third-order valence-electron chi connectivity index (χ3n) is 1.76. The van der Waals surface area contributed by atoms with Crippen molar-refractivity contribution in [3.8, 4) is 0 Å². The van der Waals surface area contributed by atoms with Gasteiger partial charge in [0.15, 0.2) is 0 Å². The number of rotatable bonds is 4. The van der Waals surface area contributed by atoms with Gasteiger partial charge in [0, 0.05) is 12.6 Å². The Bertz CT molecular complexity index is 143. The number of carbonyl (C=O) groups excluding carboxylic acids is 1. The first-order valence-corrected chi connectivity index (χ1v) is 4.56. The molecule has 0 radical (unpaired) electrons. The summed E-state index contributed by atoms with van der Waals surface area (Å²) in [5.41, 5.74) is 5.51. The van der Waals surface area contributed by atoms with E-state index in [0.717, 1.165) is 13.0 Å². The third kappa shape index (κ3) is 3.22. The molecule has 0 aliphatic rings. The molecule has 1 atom stereocenters. The Morgan fingerprint density at radius 1 is 1.42 bits per heavy atom. The minimum Gasteiger partial charge on any atom is -0.339 e. The molecule has 2 N–H and O–H groups in total. The summed E-state index contributed by atoms with van der Waals surface area (Å²) in [7, 11) is 0. The van der Waals surface area contributed by atoms with Crippen molar-refractivity contribution in [2.24, 2.45) is 5.73 Å². The molecule has 3 heteroatoms. The summed E-state index contributed by atoms with van der Waals surface area (Å²) in [6.07, 6.45) is 0.983. The molecule has 12 heavy (non-hydrogen) atoms. The lowest BCUT2D eigenvalue weighted by atomic mass is 10.2. The molecule has 1 amide bonds. The quantitative estimate of drug-likeness (QED) is 0.687. The molecule has 0 unspecified atom stereocenters. The molecule has 0 heterocycles. The van der Waals surface area contributed by atoms with Gasteiger partial charge in [0.2, 0.25) is 5.91 Å². The first-order valence-electron chi connectivity index (χ1n) is 4.56. The van der Waals surface area contributed by atoms with Crippen LogP contribution in [-0.2, 0) is 4.79 Å². The topological polar surface area (TPSA) is 46.3 Å². The van der Waals surface area contributed by atoms with Crippen LogP contribution in [0.3, 0.4) is 0 Å². The lowest BCUT2D eigenvalue weighted by Crippen LogP contribution is -2.45. The van der Waals surface area contributed by atoms with Gasteiger partial charge >= 0.3 is 0 Å². The standard InChI is InChI=1S/C9H20N2O/c1-5-6-11(7(2)3)9(12)8(4)10/h7-8H,5-6,10H2,1-4H3/t8-/m0/s1. The Labute approximate surface area is 74.9 Å². The lowest BCUT2D eigenvalue weighted by molar-refractivity contribution is -0.133. The predicted molar refractivity (Wildman–Crippen MR) is 50.8 cm³/mol. The average Bonchev–Trinajstić information content (AvgIpc) is 1.98. The fourth-order valence-corrected chi connectivity index (χ4v) is 1.13. The van der Waals surface area contributed by atoms with Gasteiger partial charge < -0.3 is 10.6 Å². The summed E-state index contributed by atoms with van der Waals surface area (Å²) in [6, 6.07) is -0.123. The fraction of sp³-hybridized carbons (Fsp3) is 0.889. The monoisotopic (exact) mass is 172 g/mol. The van der Waals surface area contributed by atoms with Crippen LogP contribution in [0.15, 0.2) is 0 Å². The SMILES string of the molecule is CCCN(C(=O)[C@H](C)N)C(C)C. The molecular formula is C9H20N2O. The van der Waals surface area contributed by atoms with Crippen LogP contribution in [0.2, 0.25) is 0 Å². The summed E-state index contributed by atoms with van der Waals surface area (Å²) in [5.74, 6) is 0.0480. The molecule has 0 fully saturated rings. The van der Waals surface area contributed by atoms with E-state index in [0.29, 0.717) is 0 Å². The normalized spacial score (nSPS) is 13.2. The second kappa shape index (κ2) is 5.14. The van der Waals surface area contributed by atoms with E-state index in [4.69, 9.17) is 5.73 Å². The van der Waals surface area contributed by atoms with Gasteiger partial charge in [-0.2, -0.15) is 0 Å². The summed E-state index contributed by atoms with van der Waals surface area (Å²) in [5, 5.41) is 0. The van der Waals surface area contributed by atoms with Gasteiger partial charge in [-0.3, -0.25) is 4.79 Å². The first-order chi connectivity index (χ1) is 5.50. The largest absolute Gasteiger partial charge is 0.339 e. The fourth-order valence-electron chi connectivity index (χ4n) is 1.13. The van der Waals surface area contributed by atoms with Crippen molar-refractivity contribution < 1.29 is 4.79 Å². The molecule has 0 bridgehead atoms. The van der Waals surface area contributed by atoms with E-state index in [1.165, 1.54) is 0 Å². The Morgan fingerprint density at radius 2 is 1.92 bits per heavy atom. The maximum atomic E-state index is 11.5. The van der Waals surface area contributed by atoms with Gasteiger partial charge in [-0.1, -0.05) is 6.92 Å². The van der Waals surface area contributed by atoms with Gasteiger partial charge in [0.1, 0.15) is 0 Å². The molecular weight excluding hydrogens is 152 g/mol. The van der Waals surface area contributed by atoms with Gasteiger partial charge in [-0.25, -0.2) is 0 Å². The van der Waals surface area contributed by atoms with Gasteiger partial charge in [0.05, 0.1) is 6.04 Å². The Balaban J connectivity index is 4.19. The van der Waals surface area contributed by atoms with Gasteiger partial charge in [-0.05, 0) is 27.2 Å². The van der Waals surface area contributed by atoms with E-state index in [9.17, 15) is 4.79 Å². The molecule has 0 spiro atoms. The molecule has 0 aromatic rings. The van der Waals surface area contributed by atoms with Crippen molar-refractivity contribution in [3.63, 3.8) is 0 Å². The van der Waals surface area contributed by atoms with Crippen LogP contribution in [0.25, 0.3) is 0 Å². The highest BCUT2D eigenvalue weighted by Crippen LogP contribution is 2.01. The van der Waals surface area contributed by atoms with E-state index in [1.54, 1.807) is 6.92 Å². The molecule has 3 nitrogen and oxygen atoms in total. The Morgan fingerprint density at radius 3 is 2.17 bits per heavy atom. The molecule has 0 aliphatic carbocycles. The average molecular weight is 172 g/mol. The minimum atomic E-state index is -0.376. The van der Waals surface area contributed by atoms with Crippen molar-refractivity contribution in [1.82, 2.24) is 4.90 Å². The molecule has 0 aliphatic heterocycles. The molecule has 0 aromatic carbocycles. The predicted octanol–water partition coefficient (Wildman–Crippen LogP) is 0.981. The molecule has 0 aromatic heterocycles. The van der Waals surface area contributed by atoms with Crippen molar-refractivity contribution in [2.75, 3.05) is 6.54 Å². The molecule has 0 saturated carbocycles. The summed E-state index contributed by atoms with van der Waals surface area (Å²) >= 11 is 0. The summed E-state index contributed by atoms with van der Waals surface area (Å²) < 4.78 is 0. The highest BCUT2D eigenvalue weighted by Gasteiger charge is 2.18. The highest BCUT2D eigenvalue weighted by molar-refractivity contribution is 5.81. The van der Waals surface area contributed by atoms with E-state index >= 15 is 0 Å². The smallest absolute Gasteiger partial charge is 0.239 e. The van der Waals surface area contributed by atoms with E-state index in [1.807, 2.05) is 18.7 Å². The number of nitrogens with two attached hydrogens (primary N) is 1. The van der Waals surface area contributed by atoms with E-state index in [-0.39, 0.29) is 18.0 Å². The summed E-state index contributed by atoms with van der Waals surface area (Å²) in [6.45, 7) is 8.61. The van der Waals surface area contributed by atoms with Crippen LogP contribution >= 0.6 is 0 Å². The zero-order chi connectivity index (χ0) is 9.72. The number of hydrogen-bond donors (Lipinski definition) is 1. The number of nitrogens with zero attached hydrogens (tertiary/aromatic N) is 1. The third-order valence-corrected chi connectivity index (χ3v) is 1.76. The number of amides is 1. The maximum Gasteiger partial charge on any atom is 0.239 e. The molecule has 0 rings (SSSR count). The van der Waals surface area contributed by atoms with Crippen LogP contribution in [0, 0.1) is 0 Å².